The first kappa shape index (κ1) is 16.2. The lowest BCUT2D eigenvalue weighted by atomic mass is 10.2. The molecule has 0 spiro atoms. The molecular weight excluding hydrogens is 354 g/mol. The molecule has 8 nitrogen and oxygen atoms in total. The van der Waals surface area contributed by atoms with Gasteiger partial charge in [-0.25, -0.2) is 0 Å². The molecule has 0 atom stereocenters. The second kappa shape index (κ2) is 7.28. The highest BCUT2D eigenvalue weighted by atomic mass is 32.1. The fraction of sp³-hybridized carbons (Fsp3) is 0.118. The van der Waals surface area contributed by atoms with Crippen molar-refractivity contribution in [2.45, 2.75) is 6.54 Å². The summed E-state index contributed by atoms with van der Waals surface area (Å²) in [5.41, 5.74) is 2.40. The average molecular weight is 367 g/mol. The van der Waals surface area contributed by atoms with Crippen LogP contribution >= 0.6 is 11.7 Å². The summed E-state index contributed by atoms with van der Waals surface area (Å²) in [7, 11) is 0. The number of fused-ring (bicyclic) bond motifs is 1. The van der Waals surface area contributed by atoms with Crippen LogP contribution in [0.4, 0.5) is 0 Å². The highest BCUT2D eigenvalue weighted by Crippen LogP contribution is 2.19. The Bertz CT molecular complexity index is 1030. The lowest BCUT2D eigenvalue weighted by Crippen LogP contribution is -2.28. The van der Waals surface area contributed by atoms with Crippen molar-refractivity contribution < 1.29 is 14.1 Å². The molecule has 26 heavy (non-hydrogen) atoms. The Hall–Kier alpha value is -3.33. The molecule has 0 aliphatic heterocycles. The second-order valence-corrected chi connectivity index (χ2v) is 5.89. The topological polar surface area (TPSA) is 103 Å². The highest BCUT2D eigenvalue weighted by Gasteiger charge is 2.10. The molecule has 130 valence electrons. The zero-order valence-electron chi connectivity index (χ0n) is 13.5. The van der Waals surface area contributed by atoms with Gasteiger partial charge in [-0.1, -0.05) is 35.5 Å². The molecule has 4 rings (SSSR count). The summed E-state index contributed by atoms with van der Waals surface area (Å²) in [5, 5.41) is 6.58. The molecule has 0 fully saturated rings. The van der Waals surface area contributed by atoms with Crippen molar-refractivity contribution >= 4 is 28.7 Å². The van der Waals surface area contributed by atoms with Crippen LogP contribution in [-0.4, -0.2) is 31.4 Å². The second-order valence-electron chi connectivity index (χ2n) is 5.36. The maximum absolute atomic E-state index is 11.9. The minimum atomic E-state index is -0.291. The van der Waals surface area contributed by atoms with E-state index in [1.807, 2.05) is 30.3 Å². The van der Waals surface area contributed by atoms with Crippen LogP contribution < -0.4 is 10.1 Å². The molecule has 0 saturated carbocycles. The molecule has 1 amide bonds. The van der Waals surface area contributed by atoms with Crippen molar-refractivity contribution in [2.75, 3.05) is 6.61 Å². The Morgan fingerprint density at radius 2 is 1.96 bits per heavy atom. The summed E-state index contributed by atoms with van der Waals surface area (Å²) in [6.07, 6.45) is 0. The van der Waals surface area contributed by atoms with Gasteiger partial charge in [0.15, 0.2) is 6.61 Å². The summed E-state index contributed by atoms with van der Waals surface area (Å²) in [5.74, 6) is 1.08. The van der Waals surface area contributed by atoms with Crippen molar-refractivity contribution in [1.29, 1.82) is 0 Å². The number of ether oxygens (including phenoxy) is 1. The number of carbonyl (C=O) groups excluding carboxylic acids is 1. The van der Waals surface area contributed by atoms with E-state index in [0.29, 0.717) is 17.5 Å². The number of benzene rings is 2. The van der Waals surface area contributed by atoms with Crippen molar-refractivity contribution in [3.63, 3.8) is 0 Å². The van der Waals surface area contributed by atoms with Gasteiger partial charge in [0.05, 0.1) is 18.3 Å². The average Bonchev–Trinajstić information content (AvgIpc) is 3.34. The van der Waals surface area contributed by atoms with Crippen LogP contribution in [0.3, 0.4) is 0 Å². The van der Waals surface area contributed by atoms with Crippen molar-refractivity contribution in [3.05, 3.63) is 54.4 Å². The maximum Gasteiger partial charge on any atom is 0.258 e. The van der Waals surface area contributed by atoms with Gasteiger partial charge in [0.2, 0.25) is 11.7 Å². The van der Waals surface area contributed by atoms with E-state index in [1.165, 1.54) is 0 Å². The van der Waals surface area contributed by atoms with E-state index in [0.717, 1.165) is 28.3 Å². The van der Waals surface area contributed by atoms with Gasteiger partial charge >= 0.3 is 0 Å². The van der Waals surface area contributed by atoms with E-state index < -0.39 is 0 Å². The van der Waals surface area contributed by atoms with Crippen LogP contribution in [0.5, 0.6) is 5.75 Å². The smallest absolute Gasteiger partial charge is 0.258 e. The first-order chi connectivity index (χ1) is 12.8. The SMILES string of the molecule is O=C(COc1ccc2nsnc2c1)NCc1nc(-c2ccccc2)no1. The third kappa shape index (κ3) is 3.67. The van der Waals surface area contributed by atoms with Crippen LogP contribution in [0.25, 0.3) is 22.4 Å². The molecule has 0 aliphatic carbocycles. The summed E-state index contributed by atoms with van der Waals surface area (Å²) >= 11 is 1.13. The van der Waals surface area contributed by atoms with Crippen LogP contribution in [0.15, 0.2) is 53.1 Å². The number of aromatic nitrogens is 4. The monoisotopic (exact) mass is 367 g/mol. The number of amides is 1. The van der Waals surface area contributed by atoms with E-state index in [9.17, 15) is 4.79 Å². The largest absolute Gasteiger partial charge is 0.484 e. The van der Waals surface area contributed by atoms with Crippen molar-refractivity contribution in [1.82, 2.24) is 24.2 Å². The maximum atomic E-state index is 11.9. The van der Waals surface area contributed by atoms with E-state index in [4.69, 9.17) is 9.26 Å². The lowest BCUT2D eigenvalue weighted by Gasteiger charge is -2.05. The van der Waals surface area contributed by atoms with Gasteiger partial charge in [0.1, 0.15) is 16.8 Å². The summed E-state index contributed by atoms with van der Waals surface area (Å²) < 4.78 is 18.9. The van der Waals surface area contributed by atoms with Crippen LogP contribution in [-0.2, 0) is 11.3 Å². The molecule has 1 N–H and O–H groups in total. The molecule has 9 heteroatoms. The number of hydrogen-bond acceptors (Lipinski definition) is 8. The molecule has 2 heterocycles. The Kier molecular flexibility index (Phi) is 4.52. The van der Waals surface area contributed by atoms with Crippen molar-refractivity contribution in [3.8, 4) is 17.1 Å². The summed E-state index contributed by atoms with van der Waals surface area (Å²) in [4.78, 5) is 16.2. The third-order valence-corrected chi connectivity index (χ3v) is 4.09. The number of carbonyl (C=O) groups is 1. The first-order valence-electron chi connectivity index (χ1n) is 7.78. The third-order valence-electron chi connectivity index (χ3n) is 3.53. The first-order valence-corrected chi connectivity index (χ1v) is 8.51. The molecule has 0 radical (unpaired) electrons. The van der Waals surface area contributed by atoms with Gasteiger partial charge in [0.25, 0.3) is 5.91 Å². The fourth-order valence-electron chi connectivity index (χ4n) is 2.26. The van der Waals surface area contributed by atoms with Gasteiger partial charge in [-0.05, 0) is 12.1 Å². The van der Waals surface area contributed by atoms with E-state index in [2.05, 4.69) is 24.2 Å². The van der Waals surface area contributed by atoms with E-state index in [1.54, 1.807) is 18.2 Å². The Labute approximate surface area is 152 Å². The quantitative estimate of drug-likeness (QED) is 0.558. The van der Waals surface area contributed by atoms with Crippen LogP contribution in [0.2, 0.25) is 0 Å². The van der Waals surface area contributed by atoms with Gasteiger partial charge in [-0.2, -0.15) is 13.7 Å². The predicted molar refractivity (Wildman–Crippen MR) is 94.5 cm³/mol. The normalized spacial score (nSPS) is 10.8. The number of hydrogen-bond donors (Lipinski definition) is 1. The van der Waals surface area contributed by atoms with Crippen LogP contribution in [0.1, 0.15) is 5.89 Å². The number of nitrogens with zero attached hydrogens (tertiary/aromatic N) is 4. The minimum Gasteiger partial charge on any atom is -0.484 e. The Morgan fingerprint density at radius 1 is 1.12 bits per heavy atom. The molecule has 0 saturated heterocycles. The standard InChI is InChI=1S/C17H13N5O3S/c23-15(10-24-12-6-7-13-14(8-12)22-26-21-13)18-9-16-19-17(20-25-16)11-4-2-1-3-5-11/h1-8H,9-10H2,(H,18,23). The molecule has 2 aromatic heterocycles. The van der Waals surface area contributed by atoms with E-state index in [-0.39, 0.29) is 19.1 Å². The molecule has 0 bridgehead atoms. The van der Waals surface area contributed by atoms with Gasteiger partial charge < -0.3 is 14.6 Å². The number of nitrogens with one attached hydrogen (secondary N) is 1. The fourth-order valence-corrected chi connectivity index (χ4v) is 2.77. The van der Waals surface area contributed by atoms with E-state index >= 15 is 0 Å². The highest BCUT2D eigenvalue weighted by molar-refractivity contribution is 7.00. The zero-order valence-corrected chi connectivity index (χ0v) is 14.3. The lowest BCUT2D eigenvalue weighted by molar-refractivity contribution is -0.123. The summed E-state index contributed by atoms with van der Waals surface area (Å²) in [6, 6.07) is 14.8. The molecule has 2 aromatic carbocycles. The zero-order chi connectivity index (χ0) is 17.8. The Morgan fingerprint density at radius 3 is 2.85 bits per heavy atom. The van der Waals surface area contributed by atoms with Gasteiger partial charge in [-0.15, -0.1) is 0 Å². The molecule has 4 aromatic rings. The minimum absolute atomic E-state index is 0.122. The number of rotatable bonds is 6. The predicted octanol–water partition coefficient (Wildman–Crippen LogP) is 2.44. The summed E-state index contributed by atoms with van der Waals surface area (Å²) in [6.45, 7) is 0.0137. The van der Waals surface area contributed by atoms with Gasteiger partial charge in [-0.3, -0.25) is 4.79 Å². The van der Waals surface area contributed by atoms with Crippen LogP contribution in [0, 0.1) is 0 Å². The Balaban J connectivity index is 1.29. The molecule has 0 aliphatic rings. The molecular formula is C17H13N5O3S. The van der Waals surface area contributed by atoms with Gasteiger partial charge in [0, 0.05) is 11.6 Å². The molecule has 0 unspecified atom stereocenters. The van der Waals surface area contributed by atoms with Crippen molar-refractivity contribution in [2.24, 2.45) is 0 Å².